The van der Waals surface area contributed by atoms with E-state index in [1.807, 2.05) is 60.7 Å². The highest BCUT2D eigenvalue weighted by Gasteiger charge is 2.62. The third-order valence-electron chi connectivity index (χ3n) is 15.1. The summed E-state index contributed by atoms with van der Waals surface area (Å²) in [5, 5.41) is 32.7. The second-order valence-electron chi connectivity index (χ2n) is 18.9. The number of nitrogens with zero attached hydrogens (tertiary/aromatic N) is 1. The summed E-state index contributed by atoms with van der Waals surface area (Å²) in [4.78, 5) is 60.8. The molecule has 3 aromatic carbocycles. The zero-order chi connectivity index (χ0) is 48.3. The summed E-state index contributed by atoms with van der Waals surface area (Å²) >= 11 is 5.72. The van der Waals surface area contributed by atoms with E-state index in [0.29, 0.717) is 72.4 Å². The number of nitrogens with one attached hydrogen (secondary N) is 1. The number of aliphatic carboxylic acids is 2. The first kappa shape index (κ1) is 51.1. The van der Waals surface area contributed by atoms with Crippen molar-refractivity contribution in [3.63, 3.8) is 0 Å². The molecule has 1 unspecified atom stereocenters. The SMILES string of the molecule is C#C[C@]1(O)CC[C@H]2[C@@H]3CCC4=CC(=O)CC[C@@H]4[C@H]3CC[C@@]21C.CCOC(=O)[C@H](CCc1ccccc1)N[C@H]1CCc2ccccc2N(CC(=O)O)C1=O.NCC(CC(=O)O)c1ccc(Cl)cc1. The van der Waals surface area contributed by atoms with Crippen LogP contribution in [0.5, 0.6) is 0 Å². The molecular formula is C54H66ClN3O9. The van der Waals surface area contributed by atoms with Crippen molar-refractivity contribution in [1.29, 1.82) is 0 Å². The molecule has 13 heteroatoms. The van der Waals surface area contributed by atoms with E-state index in [9.17, 15) is 34.2 Å². The van der Waals surface area contributed by atoms with Crippen LogP contribution in [0.15, 0.2) is 90.5 Å². The smallest absolute Gasteiger partial charge is 0.323 e. The number of amides is 1. The van der Waals surface area contributed by atoms with Gasteiger partial charge in [0.05, 0.1) is 19.1 Å². The molecule has 3 saturated carbocycles. The van der Waals surface area contributed by atoms with E-state index in [1.54, 1.807) is 31.2 Å². The van der Waals surface area contributed by atoms with Gasteiger partial charge in [0.1, 0.15) is 18.2 Å². The summed E-state index contributed by atoms with van der Waals surface area (Å²) < 4.78 is 5.23. The number of hydrogen-bond donors (Lipinski definition) is 5. The van der Waals surface area contributed by atoms with E-state index in [4.69, 9.17) is 33.6 Å². The molecule has 12 nitrogen and oxygen atoms in total. The number of aryl methyl sites for hydroxylation is 2. The Balaban J connectivity index is 0.000000179. The van der Waals surface area contributed by atoms with Gasteiger partial charge >= 0.3 is 17.9 Å². The molecule has 4 aliphatic carbocycles. The summed E-state index contributed by atoms with van der Waals surface area (Å²) in [6, 6.07) is 22.9. The molecule has 1 amide bonds. The molecule has 8 rings (SSSR count). The van der Waals surface area contributed by atoms with Crippen LogP contribution in [0.2, 0.25) is 5.02 Å². The number of carboxylic acids is 2. The first-order valence-corrected chi connectivity index (χ1v) is 24.2. The predicted octanol–water partition coefficient (Wildman–Crippen LogP) is 7.92. The van der Waals surface area contributed by atoms with E-state index < -0.39 is 42.1 Å². The largest absolute Gasteiger partial charge is 0.481 e. The first-order valence-electron chi connectivity index (χ1n) is 23.8. The number of aliphatic hydroxyl groups is 1. The van der Waals surface area contributed by atoms with Crippen LogP contribution in [-0.2, 0) is 41.6 Å². The second-order valence-corrected chi connectivity index (χ2v) is 19.4. The molecule has 1 heterocycles. The number of carbonyl (C=O) groups excluding carboxylic acids is 3. The molecule has 67 heavy (non-hydrogen) atoms. The zero-order valence-electron chi connectivity index (χ0n) is 38.7. The van der Waals surface area contributed by atoms with Crippen LogP contribution >= 0.6 is 11.6 Å². The highest BCUT2D eigenvalue weighted by molar-refractivity contribution is 6.30. The fourth-order valence-electron chi connectivity index (χ4n) is 11.6. The van der Waals surface area contributed by atoms with Crippen molar-refractivity contribution in [3.05, 3.63) is 112 Å². The first-order chi connectivity index (χ1) is 32.1. The van der Waals surface area contributed by atoms with E-state index in [-0.39, 0.29) is 30.3 Å². The van der Waals surface area contributed by atoms with Crippen molar-refractivity contribution in [2.45, 2.75) is 121 Å². The second kappa shape index (κ2) is 23.1. The number of benzene rings is 3. The van der Waals surface area contributed by atoms with Gasteiger partial charge in [-0.25, -0.2) is 0 Å². The topological polar surface area (TPSA) is 197 Å². The van der Waals surface area contributed by atoms with E-state index in [1.165, 1.54) is 16.9 Å². The standard InChI is InChI=1S/C24H28N2O5.C20H26O2.C10H12ClNO2/c1-2-31-24(30)20(14-12-17-8-4-3-5-9-17)25-19-15-13-18-10-6-7-11-21(18)26(23(19)29)16-22(27)28;1-3-20(22)11-9-18-17-6-4-13-12-14(21)5-7-15(13)16(17)8-10-19(18,20)2;11-9-3-1-7(2-4-9)8(6-12)5-10(13)14/h3-11,19-20,25H,2,12-16H2,1H3,(H,27,28);1,12,15-18,22H,4-11H2,2H3;1-4,8H,5-6,12H2,(H,13,14)/t19-,20-;15-,16+,17+,18-,19-,20-;/m00./s1. The average Bonchev–Trinajstić information content (AvgIpc) is 3.53. The summed E-state index contributed by atoms with van der Waals surface area (Å²) in [5.41, 5.74) is 9.44. The molecule has 0 spiro atoms. The minimum atomic E-state index is -1.09. The molecule has 3 fully saturated rings. The number of anilines is 1. The minimum absolute atomic E-state index is 0.0537. The molecule has 1 aliphatic heterocycles. The lowest BCUT2D eigenvalue weighted by molar-refractivity contribution is -0.146. The molecule has 0 radical (unpaired) electrons. The van der Waals surface area contributed by atoms with E-state index in [0.717, 1.165) is 61.6 Å². The number of ketones is 1. The number of allylic oxidation sites excluding steroid dienone is 1. The summed E-state index contributed by atoms with van der Waals surface area (Å²) in [7, 11) is 0. The van der Waals surface area contributed by atoms with Crippen molar-refractivity contribution in [1.82, 2.24) is 5.32 Å². The van der Waals surface area contributed by atoms with Crippen molar-refractivity contribution in [2.24, 2.45) is 34.8 Å². The Morgan fingerprint density at radius 2 is 1.63 bits per heavy atom. The van der Waals surface area contributed by atoms with Gasteiger partial charge in [0.25, 0.3) is 0 Å². The minimum Gasteiger partial charge on any atom is -0.481 e. The van der Waals surface area contributed by atoms with Gasteiger partial charge in [0.2, 0.25) is 5.91 Å². The Bertz CT molecular complexity index is 2300. The highest BCUT2D eigenvalue weighted by atomic mass is 35.5. The van der Waals surface area contributed by atoms with Crippen molar-refractivity contribution in [2.75, 3.05) is 24.6 Å². The molecule has 0 aromatic heterocycles. The van der Waals surface area contributed by atoms with Crippen molar-refractivity contribution in [3.8, 4) is 12.3 Å². The van der Waals surface area contributed by atoms with Crippen molar-refractivity contribution >= 4 is 46.9 Å². The fourth-order valence-corrected chi connectivity index (χ4v) is 11.7. The third kappa shape index (κ3) is 12.2. The fraction of sp³-hybridized carbons (Fsp3) is 0.500. The number of halogens is 1. The molecule has 5 aliphatic rings. The van der Waals surface area contributed by atoms with Crippen molar-refractivity contribution < 1.29 is 44.0 Å². The Labute approximate surface area is 399 Å². The monoisotopic (exact) mass is 935 g/mol. The van der Waals surface area contributed by atoms with Crippen LogP contribution in [0.3, 0.4) is 0 Å². The maximum absolute atomic E-state index is 13.3. The van der Waals surface area contributed by atoms with Crippen LogP contribution < -0.4 is 16.0 Å². The van der Waals surface area contributed by atoms with Gasteiger partial charge in [-0.1, -0.05) is 90.7 Å². The van der Waals surface area contributed by atoms with Crippen LogP contribution in [0.4, 0.5) is 5.69 Å². The van der Waals surface area contributed by atoms with Crippen LogP contribution in [0, 0.1) is 41.4 Å². The van der Waals surface area contributed by atoms with Gasteiger partial charge < -0.3 is 25.8 Å². The van der Waals surface area contributed by atoms with Crippen LogP contribution in [0.1, 0.15) is 107 Å². The number of carboxylic acid groups (broad SMARTS) is 2. The Morgan fingerprint density at radius 1 is 0.910 bits per heavy atom. The predicted molar refractivity (Wildman–Crippen MR) is 258 cm³/mol. The quantitative estimate of drug-likeness (QED) is 0.0825. The maximum Gasteiger partial charge on any atom is 0.323 e. The number of ether oxygens (including phenoxy) is 1. The number of esters is 1. The molecule has 3 aromatic rings. The summed E-state index contributed by atoms with van der Waals surface area (Å²) in [6.45, 7) is 4.12. The molecule has 0 saturated heterocycles. The van der Waals surface area contributed by atoms with Gasteiger partial charge in [-0.05, 0) is 149 Å². The van der Waals surface area contributed by atoms with Crippen LogP contribution in [-0.4, -0.2) is 82.3 Å². The molecular weight excluding hydrogens is 870 g/mol. The molecule has 358 valence electrons. The number of nitrogens with two attached hydrogens (primary N) is 1. The van der Waals surface area contributed by atoms with E-state index in [2.05, 4.69) is 18.2 Å². The van der Waals surface area contributed by atoms with Gasteiger partial charge in [0.15, 0.2) is 5.78 Å². The summed E-state index contributed by atoms with van der Waals surface area (Å²) in [6.07, 6.45) is 18.0. The third-order valence-corrected chi connectivity index (χ3v) is 15.4. The number of fused-ring (bicyclic) bond motifs is 6. The van der Waals surface area contributed by atoms with Gasteiger partial charge in [0, 0.05) is 28.5 Å². The van der Waals surface area contributed by atoms with Gasteiger partial charge in [-0.15, -0.1) is 6.42 Å². The van der Waals surface area contributed by atoms with Crippen LogP contribution in [0.25, 0.3) is 0 Å². The summed E-state index contributed by atoms with van der Waals surface area (Å²) in [5.74, 6) is 2.85. The van der Waals surface area contributed by atoms with Gasteiger partial charge in [-0.3, -0.25) is 34.2 Å². The lowest BCUT2D eigenvalue weighted by atomic mass is 9.50. The lowest BCUT2D eigenvalue weighted by Crippen LogP contribution is -2.53. The number of terminal acetylenes is 1. The Kier molecular flexibility index (Phi) is 17.6. The highest BCUT2D eigenvalue weighted by Crippen LogP contribution is 2.64. The van der Waals surface area contributed by atoms with Gasteiger partial charge in [-0.2, -0.15) is 0 Å². The number of hydrogen-bond acceptors (Lipinski definition) is 9. The molecule has 0 bridgehead atoms. The number of carbonyl (C=O) groups is 5. The normalized spacial score (nSPS) is 27.0. The Hall–Kier alpha value is -5.32. The number of rotatable bonds is 13. The zero-order valence-corrected chi connectivity index (χ0v) is 39.5. The number of para-hydroxylation sites is 1. The molecule has 6 N–H and O–H groups in total. The Morgan fingerprint density at radius 3 is 2.30 bits per heavy atom. The maximum atomic E-state index is 13.3. The average molecular weight is 937 g/mol. The van der Waals surface area contributed by atoms with E-state index >= 15 is 0 Å². The molecule has 9 atom stereocenters. The lowest BCUT2D eigenvalue weighted by Gasteiger charge is -2.54.